The highest BCUT2D eigenvalue weighted by atomic mass is 16.7. The van der Waals surface area contributed by atoms with E-state index >= 15 is 0 Å². The molecule has 2 saturated carbocycles. The number of hydrogen-bond acceptors (Lipinski definition) is 31. The van der Waals surface area contributed by atoms with Crippen molar-refractivity contribution in [1.82, 2.24) is 55.7 Å². The maximum absolute atomic E-state index is 13.7. The van der Waals surface area contributed by atoms with Crippen LogP contribution in [-0.2, 0) is 127 Å². The molecule has 3 fully saturated rings. The lowest BCUT2D eigenvalue weighted by Crippen LogP contribution is -2.59. The number of carboxylic acid groups (broad SMARTS) is 1. The molecule has 0 aromatic heterocycles. The van der Waals surface area contributed by atoms with E-state index < -0.39 is 111 Å². The molecule has 1 saturated heterocycles. The van der Waals surface area contributed by atoms with E-state index in [1.165, 1.54) is 7.05 Å². The van der Waals surface area contributed by atoms with Crippen molar-refractivity contribution >= 4 is 89.2 Å². The summed E-state index contributed by atoms with van der Waals surface area (Å²) in [4.78, 5) is 202. The average Bonchev–Trinajstić information content (AvgIpc) is 1.51. The molecule has 2 aromatic carbocycles. The number of carbonyl (C=O) groups is 15. The summed E-state index contributed by atoms with van der Waals surface area (Å²) in [7, 11) is 4.69. The Kier molecular flexibility index (Phi) is 55.9. The molecule has 3 aliphatic rings. The number of hydrogen-bond donors (Lipinski definition) is 5. The van der Waals surface area contributed by atoms with Crippen molar-refractivity contribution in [3.63, 3.8) is 0 Å². The summed E-state index contributed by atoms with van der Waals surface area (Å²) < 4.78 is 46.3. The fraction of sp³-hybridized carbons (Fsp3) is 0.748. The molecule has 1 heterocycles. The highest BCUT2D eigenvalue weighted by molar-refractivity contribution is 6.01. The zero-order valence-electron chi connectivity index (χ0n) is 92.6. The molecule has 5 N–H and O–H groups in total. The number of hydroxylamine groups is 2. The first-order chi connectivity index (χ1) is 66.0. The van der Waals surface area contributed by atoms with Crippen LogP contribution in [0.5, 0.6) is 0 Å². The minimum Gasteiger partial charge on any atom is -0.480 e. The lowest BCUT2D eigenvalue weighted by atomic mass is 9.87. The van der Waals surface area contributed by atoms with Gasteiger partial charge in [-0.2, -0.15) is 0 Å². The van der Waals surface area contributed by atoms with Crippen LogP contribution in [0, 0.1) is 13.8 Å². The van der Waals surface area contributed by atoms with Gasteiger partial charge in [-0.05, 0) is 282 Å². The van der Waals surface area contributed by atoms with Crippen LogP contribution < -0.4 is 21.3 Å². The number of benzene rings is 2. The van der Waals surface area contributed by atoms with Crippen molar-refractivity contribution in [2.75, 3.05) is 106 Å². The van der Waals surface area contributed by atoms with Gasteiger partial charge in [0.1, 0.15) is 50.9 Å². The van der Waals surface area contributed by atoms with Crippen molar-refractivity contribution in [3.8, 4) is 0 Å². The van der Waals surface area contributed by atoms with Gasteiger partial charge in [-0.1, -0.05) is 99.2 Å². The normalized spacial score (nSPS) is 16.6. The molecule has 0 radical (unpaired) electrons. The van der Waals surface area contributed by atoms with Gasteiger partial charge in [0, 0.05) is 109 Å². The summed E-state index contributed by atoms with van der Waals surface area (Å²) in [6, 6.07) is 14.7. The summed E-state index contributed by atoms with van der Waals surface area (Å²) in [5, 5.41) is 19.7. The zero-order chi connectivity index (χ0) is 109. The Bertz CT molecular complexity index is 4040. The monoisotopic (exact) mass is 2020 g/mol. The number of nitrogens with zero attached hydrogens (tertiary/aromatic N) is 7. The van der Waals surface area contributed by atoms with E-state index in [9.17, 15) is 71.9 Å². The number of aryl methyl sites for hydroxylation is 2. The molecule has 36 heteroatoms. The van der Waals surface area contributed by atoms with Crippen molar-refractivity contribution in [1.29, 1.82) is 0 Å². The Morgan fingerprint density at radius 1 is 0.364 bits per heavy atom. The van der Waals surface area contributed by atoms with Crippen LogP contribution in [0.3, 0.4) is 0 Å². The number of nitrogens with one attached hydrogen (secondary N) is 4. The topological polar surface area (TPSA) is 430 Å². The third-order valence-electron chi connectivity index (χ3n) is 22.4. The second kappa shape index (κ2) is 61.8. The smallest absolute Gasteiger partial charge is 0.333 e. The second-order valence-electron chi connectivity index (χ2n) is 45.1. The maximum Gasteiger partial charge on any atom is 0.333 e. The summed E-state index contributed by atoms with van der Waals surface area (Å²) >= 11 is 0. The molecule has 36 nitrogen and oxygen atoms in total. The van der Waals surface area contributed by atoms with Crippen LogP contribution in [-0.4, -0.2) is 322 Å². The van der Waals surface area contributed by atoms with Crippen molar-refractivity contribution in [3.05, 3.63) is 70.8 Å². The first kappa shape index (κ1) is 129. The van der Waals surface area contributed by atoms with Crippen LogP contribution >= 0.6 is 0 Å². The standard InChI is InChI=1S/2C42H71N3O8.C13H25N3O4.C10H14N2O5/c2*1-15-43(26-35(46)50-39(3,4)5)33-18-16-17-19-34(33)45(29-38(49)53-42(12,13)14)25-32(24-31-22-20-30(2)21-23-31)44(27-36(47)51-40(6,7)8)28-37(48)52-41(9,10)11;1-14-10(13(19)20)6-3-4-9-16-12(18)8-5-7-11(17)15-2;1-11-7(13)3-2-4-10(16)17-12-8(14)5-6-9(12)15/h2*20-23,32-34H,15-19,24-29H2,1-14H3;10,14H,3-9H2,1-2H3,(H,15,17)(H,16,18)(H,19,20);2-6H2,1H3,(H,11,13)/t2*32-,33+,34+;;/m11../s1. The molecule has 0 spiro atoms. The second-order valence-corrected chi connectivity index (χ2v) is 45.1. The van der Waals surface area contributed by atoms with E-state index in [0.717, 1.165) is 86.5 Å². The third-order valence-corrected chi connectivity index (χ3v) is 22.4. The fourth-order valence-corrected chi connectivity index (χ4v) is 16.6. The number of esters is 8. The quantitative estimate of drug-likeness (QED) is 0.0178. The number of ether oxygens (including phenoxy) is 8. The predicted molar refractivity (Wildman–Crippen MR) is 547 cm³/mol. The van der Waals surface area contributed by atoms with Gasteiger partial charge in [-0.15, -0.1) is 5.06 Å². The number of aliphatic carboxylic acids is 1. The van der Waals surface area contributed by atoms with Crippen LogP contribution in [0.2, 0.25) is 0 Å². The lowest BCUT2D eigenvalue weighted by molar-refractivity contribution is -0.197. The molecule has 2 aromatic rings. The molecule has 1 unspecified atom stereocenters. The minimum atomic E-state index is -0.856. The van der Waals surface area contributed by atoms with Gasteiger partial charge < -0.3 is 69.1 Å². The third kappa shape index (κ3) is 59.0. The highest BCUT2D eigenvalue weighted by Crippen LogP contribution is 2.33. The SMILES string of the molecule is CCN(CC(=O)OC(C)(C)C)[C@H]1CCCC[C@@H]1N(CC(=O)OC(C)(C)C)C[C@@H](Cc1ccc(C)cc1)N(CC(=O)OC(C)(C)C)CC(=O)OC(C)(C)C.CCN(CC(=O)OC(C)(C)C)[C@H]1CCCC[C@@H]1N(CC(=O)OC(C)(C)C)C[C@@H](Cc1ccc(C)cc1)N(CC(=O)OC(C)(C)C)CC(=O)OC(C)(C)C.CNC(=O)CCCC(=O)NCCCCC(NC)C(=O)O.CNC(=O)CCCC(=O)ON1C(=O)CCC1=O. The van der Waals surface area contributed by atoms with E-state index in [1.54, 1.807) is 14.1 Å². The molecular formula is C107H181N11O25. The summed E-state index contributed by atoms with van der Waals surface area (Å²) in [5.74, 6) is -6.01. The van der Waals surface area contributed by atoms with Gasteiger partial charge in [0.05, 0.1) is 52.4 Å². The van der Waals surface area contributed by atoms with E-state index in [-0.39, 0.29) is 144 Å². The van der Waals surface area contributed by atoms with Crippen LogP contribution in [0.25, 0.3) is 0 Å². The van der Waals surface area contributed by atoms with Gasteiger partial charge in [0.2, 0.25) is 17.7 Å². The molecular weight excluding hydrogens is 1840 g/mol. The van der Waals surface area contributed by atoms with Gasteiger partial charge in [0.15, 0.2) is 0 Å². The van der Waals surface area contributed by atoms with E-state index in [2.05, 4.69) is 70.0 Å². The Hall–Kier alpha value is -9.59. The van der Waals surface area contributed by atoms with Crippen LogP contribution in [0.15, 0.2) is 48.5 Å². The van der Waals surface area contributed by atoms with Gasteiger partial charge >= 0.3 is 59.7 Å². The largest absolute Gasteiger partial charge is 0.480 e. The van der Waals surface area contributed by atoms with Gasteiger partial charge in [0.25, 0.3) is 11.8 Å². The van der Waals surface area contributed by atoms with Crippen molar-refractivity contribution < 1.29 is 120 Å². The first-order valence-corrected chi connectivity index (χ1v) is 51.0. The number of carbonyl (C=O) groups excluding carboxylic acids is 14. The summed E-state index contributed by atoms with van der Waals surface area (Å²) in [5.41, 5.74) is -1.23. The molecule has 143 heavy (non-hydrogen) atoms. The van der Waals surface area contributed by atoms with Crippen LogP contribution in [0.4, 0.5) is 0 Å². The molecule has 5 amide bonds. The number of imide groups is 1. The van der Waals surface area contributed by atoms with Crippen molar-refractivity contribution in [2.24, 2.45) is 0 Å². The van der Waals surface area contributed by atoms with E-state index in [4.69, 9.17) is 43.0 Å². The molecule has 2 aliphatic carbocycles. The fourth-order valence-electron chi connectivity index (χ4n) is 16.6. The highest BCUT2D eigenvalue weighted by Gasteiger charge is 2.43. The zero-order valence-corrected chi connectivity index (χ0v) is 92.6. The van der Waals surface area contributed by atoms with Gasteiger partial charge in [-0.25, -0.2) is 4.79 Å². The molecule has 7 atom stereocenters. The van der Waals surface area contributed by atoms with E-state index in [1.807, 2.05) is 228 Å². The Morgan fingerprint density at radius 2 is 0.629 bits per heavy atom. The Labute approximate surface area is 853 Å². The Balaban J connectivity index is 0.000000715. The van der Waals surface area contributed by atoms with Gasteiger partial charge in [-0.3, -0.25) is 96.5 Å². The predicted octanol–water partition coefficient (Wildman–Crippen LogP) is 12.4. The number of amides is 5. The molecule has 0 bridgehead atoms. The number of likely N-dealkylation sites (N-methyl/N-ethyl adjacent to an activating group) is 3. The minimum absolute atomic E-state index is 0.000455. The summed E-state index contributed by atoms with van der Waals surface area (Å²) in [6.45, 7) is 54.3. The van der Waals surface area contributed by atoms with Crippen LogP contribution in [0.1, 0.15) is 324 Å². The lowest BCUT2D eigenvalue weighted by Gasteiger charge is -2.46. The Morgan fingerprint density at radius 3 is 0.895 bits per heavy atom. The first-order valence-electron chi connectivity index (χ1n) is 51.0. The molecule has 5 rings (SSSR count). The number of unbranched alkanes of at least 4 members (excludes halogenated alkanes) is 1. The summed E-state index contributed by atoms with van der Waals surface area (Å²) in [6.07, 6.45) is 12.0. The maximum atomic E-state index is 13.7. The van der Waals surface area contributed by atoms with E-state index in [0.29, 0.717) is 82.7 Å². The number of rotatable bonds is 48. The average molecular weight is 2020 g/mol. The molecule has 1 aliphatic heterocycles. The number of carboxylic acids is 1. The van der Waals surface area contributed by atoms with Crippen molar-refractivity contribution in [2.45, 2.75) is 416 Å². The molecule has 814 valence electrons.